The molecular weight excluding hydrogens is 156 g/mol. The largest absolute Gasteiger partial charge is 0.481 e. The minimum Gasteiger partial charge on any atom is -0.481 e. The van der Waals surface area contributed by atoms with E-state index in [-0.39, 0.29) is 6.42 Å². The Bertz CT molecular complexity index is 201. The molecule has 0 aromatic rings. The molecule has 1 aliphatic heterocycles. The van der Waals surface area contributed by atoms with Gasteiger partial charge in [0, 0.05) is 26.6 Å². The van der Waals surface area contributed by atoms with Crippen LogP contribution in [0.5, 0.6) is 0 Å². The number of carboxylic acids is 1. The van der Waals surface area contributed by atoms with Crippen LogP contribution < -0.4 is 0 Å². The lowest BCUT2D eigenvalue weighted by atomic mass is 10.2. The summed E-state index contributed by atoms with van der Waals surface area (Å²) >= 11 is 0. The Balaban J connectivity index is 2.39. The lowest BCUT2D eigenvalue weighted by molar-refractivity contribution is -0.136. The van der Waals surface area contributed by atoms with E-state index in [1.165, 1.54) is 0 Å². The second-order valence-corrected chi connectivity index (χ2v) is 2.97. The van der Waals surface area contributed by atoms with Crippen molar-refractivity contribution in [2.24, 2.45) is 4.99 Å². The summed E-state index contributed by atoms with van der Waals surface area (Å²) in [7, 11) is 1.96. The molecule has 0 saturated carbocycles. The molecule has 12 heavy (non-hydrogen) atoms. The summed E-state index contributed by atoms with van der Waals surface area (Å²) in [5, 5.41) is 8.46. The number of amidine groups is 1. The van der Waals surface area contributed by atoms with Crippen LogP contribution in [0.2, 0.25) is 0 Å². The van der Waals surface area contributed by atoms with Crippen LogP contribution in [0, 0.1) is 0 Å². The highest BCUT2D eigenvalue weighted by atomic mass is 16.4. The fourth-order valence-corrected chi connectivity index (χ4v) is 1.25. The zero-order chi connectivity index (χ0) is 8.97. The van der Waals surface area contributed by atoms with Crippen LogP contribution in [0.15, 0.2) is 4.99 Å². The molecular formula is C8H14N2O2. The van der Waals surface area contributed by atoms with Gasteiger partial charge in [-0.05, 0) is 6.42 Å². The SMILES string of the molecule is CN1CCCN=C1CCC(=O)O. The number of hydrogen-bond donors (Lipinski definition) is 1. The molecule has 1 heterocycles. The molecule has 0 fully saturated rings. The average molecular weight is 170 g/mol. The van der Waals surface area contributed by atoms with Crippen molar-refractivity contribution in [3.05, 3.63) is 0 Å². The molecule has 1 rings (SSSR count). The monoisotopic (exact) mass is 170 g/mol. The van der Waals surface area contributed by atoms with Gasteiger partial charge in [-0.15, -0.1) is 0 Å². The van der Waals surface area contributed by atoms with E-state index in [9.17, 15) is 4.79 Å². The highest BCUT2D eigenvalue weighted by molar-refractivity contribution is 5.85. The normalized spacial score (nSPS) is 17.4. The van der Waals surface area contributed by atoms with E-state index in [2.05, 4.69) is 4.99 Å². The lowest BCUT2D eigenvalue weighted by Gasteiger charge is -2.24. The van der Waals surface area contributed by atoms with E-state index in [1.807, 2.05) is 11.9 Å². The maximum atomic E-state index is 10.3. The van der Waals surface area contributed by atoms with Crippen LogP contribution >= 0.6 is 0 Å². The van der Waals surface area contributed by atoms with Gasteiger partial charge in [-0.25, -0.2) is 0 Å². The van der Waals surface area contributed by atoms with E-state index in [0.717, 1.165) is 25.3 Å². The van der Waals surface area contributed by atoms with Crippen LogP contribution in [0.25, 0.3) is 0 Å². The van der Waals surface area contributed by atoms with Gasteiger partial charge in [0.2, 0.25) is 0 Å². The molecule has 1 aliphatic rings. The van der Waals surface area contributed by atoms with Crippen molar-refractivity contribution in [2.45, 2.75) is 19.3 Å². The maximum absolute atomic E-state index is 10.3. The van der Waals surface area contributed by atoms with Gasteiger partial charge in [0.15, 0.2) is 0 Å². The van der Waals surface area contributed by atoms with E-state index >= 15 is 0 Å². The average Bonchev–Trinajstić information content (AvgIpc) is 2.03. The molecule has 0 spiro atoms. The first-order chi connectivity index (χ1) is 5.70. The van der Waals surface area contributed by atoms with Gasteiger partial charge in [-0.1, -0.05) is 0 Å². The Kier molecular flexibility index (Phi) is 3.08. The van der Waals surface area contributed by atoms with Crippen molar-refractivity contribution < 1.29 is 9.90 Å². The van der Waals surface area contributed by atoms with Gasteiger partial charge in [-0.2, -0.15) is 0 Å². The fourth-order valence-electron chi connectivity index (χ4n) is 1.25. The summed E-state index contributed by atoms with van der Waals surface area (Å²) in [6.07, 6.45) is 1.82. The van der Waals surface area contributed by atoms with E-state index < -0.39 is 5.97 Å². The second-order valence-electron chi connectivity index (χ2n) is 2.97. The van der Waals surface area contributed by atoms with Gasteiger partial charge in [0.1, 0.15) is 0 Å². The Morgan fingerprint density at radius 3 is 3.08 bits per heavy atom. The summed E-state index contributed by atoms with van der Waals surface area (Å²) in [5.41, 5.74) is 0. The molecule has 0 aromatic heterocycles. The predicted molar refractivity (Wildman–Crippen MR) is 46.4 cm³/mol. The zero-order valence-corrected chi connectivity index (χ0v) is 7.29. The molecule has 0 amide bonds. The van der Waals surface area contributed by atoms with Crippen molar-refractivity contribution in [2.75, 3.05) is 20.1 Å². The third kappa shape index (κ3) is 2.53. The molecule has 0 saturated heterocycles. The van der Waals surface area contributed by atoms with Crippen LogP contribution in [-0.4, -0.2) is 41.9 Å². The molecule has 0 aromatic carbocycles. The highest BCUT2D eigenvalue weighted by Crippen LogP contribution is 2.05. The summed E-state index contributed by atoms with van der Waals surface area (Å²) in [5.74, 6) is 0.181. The van der Waals surface area contributed by atoms with Crippen LogP contribution in [0.1, 0.15) is 19.3 Å². The van der Waals surface area contributed by atoms with Crippen molar-refractivity contribution in [3.8, 4) is 0 Å². The molecule has 1 N–H and O–H groups in total. The number of carboxylic acid groups (broad SMARTS) is 1. The Hall–Kier alpha value is -1.06. The number of hydrogen-bond acceptors (Lipinski definition) is 3. The van der Waals surface area contributed by atoms with Gasteiger partial charge in [0.05, 0.1) is 12.3 Å². The molecule has 4 nitrogen and oxygen atoms in total. The summed E-state index contributed by atoms with van der Waals surface area (Å²) < 4.78 is 0. The smallest absolute Gasteiger partial charge is 0.303 e. The quantitative estimate of drug-likeness (QED) is 0.674. The van der Waals surface area contributed by atoms with Crippen molar-refractivity contribution in [1.29, 1.82) is 0 Å². The highest BCUT2D eigenvalue weighted by Gasteiger charge is 2.11. The number of aliphatic imine (C=N–C) groups is 1. The summed E-state index contributed by atoms with van der Waals surface area (Å²) in [4.78, 5) is 16.6. The predicted octanol–water partition coefficient (Wildman–Crippen LogP) is 0.585. The fraction of sp³-hybridized carbons (Fsp3) is 0.750. The summed E-state index contributed by atoms with van der Waals surface area (Å²) in [6, 6.07) is 0. The Morgan fingerprint density at radius 1 is 1.75 bits per heavy atom. The first-order valence-electron chi connectivity index (χ1n) is 4.16. The number of aliphatic carboxylic acids is 1. The van der Waals surface area contributed by atoms with Crippen LogP contribution in [0.3, 0.4) is 0 Å². The second kappa shape index (κ2) is 4.09. The van der Waals surface area contributed by atoms with E-state index in [0.29, 0.717) is 6.42 Å². The van der Waals surface area contributed by atoms with Gasteiger partial charge < -0.3 is 10.0 Å². The van der Waals surface area contributed by atoms with Gasteiger partial charge in [0.25, 0.3) is 0 Å². The maximum Gasteiger partial charge on any atom is 0.303 e. The third-order valence-corrected chi connectivity index (χ3v) is 1.95. The van der Waals surface area contributed by atoms with Crippen LogP contribution in [-0.2, 0) is 4.79 Å². The molecule has 68 valence electrons. The molecule has 0 atom stereocenters. The van der Waals surface area contributed by atoms with E-state index in [4.69, 9.17) is 5.11 Å². The first kappa shape index (κ1) is 9.03. The zero-order valence-electron chi connectivity index (χ0n) is 7.29. The first-order valence-corrected chi connectivity index (χ1v) is 4.16. The molecule has 0 bridgehead atoms. The molecule has 0 aliphatic carbocycles. The summed E-state index contributed by atoms with van der Waals surface area (Å²) in [6.45, 7) is 1.84. The molecule has 0 unspecified atom stereocenters. The lowest BCUT2D eigenvalue weighted by Crippen LogP contribution is -2.32. The third-order valence-electron chi connectivity index (χ3n) is 1.95. The topological polar surface area (TPSA) is 52.9 Å². The van der Waals surface area contributed by atoms with Gasteiger partial charge in [-0.3, -0.25) is 9.79 Å². The Morgan fingerprint density at radius 2 is 2.50 bits per heavy atom. The number of nitrogens with zero attached hydrogens (tertiary/aromatic N) is 2. The molecule has 4 heteroatoms. The van der Waals surface area contributed by atoms with Crippen molar-refractivity contribution in [3.63, 3.8) is 0 Å². The minimum absolute atomic E-state index is 0.184. The number of rotatable bonds is 3. The van der Waals surface area contributed by atoms with Crippen molar-refractivity contribution >= 4 is 11.8 Å². The van der Waals surface area contributed by atoms with E-state index in [1.54, 1.807) is 0 Å². The van der Waals surface area contributed by atoms with Crippen molar-refractivity contribution in [1.82, 2.24) is 4.90 Å². The van der Waals surface area contributed by atoms with Crippen LogP contribution in [0.4, 0.5) is 0 Å². The minimum atomic E-state index is -0.753. The Labute approximate surface area is 71.9 Å². The van der Waals surface area contributed by atoms with Gasteiger partial charge >= 0.3 is 5.97 Å². The molecule has 0 radical (unpaired) electrons. The standard InChI is InChI=1S/C8H14N2O2/c1-10-6-2-5-9-7(10)3-4-8(11)12/h2-6H2,1H3,(H,11,12). The number of carbonyl (C=O) groups is 1.